The third kappa shape index (κ3) is 5.61. The molecular formula is C23H25BrN2O3S. The number of nitrogens with zero attached hydrogens (tertiary/aromatic N) is 1. The number of carbonyl (C=O) groups is 1. The van der Waals surface area contributed by atoms with Crippen LogP contribution in [0.2, 0.25) is 0 Å². The number of rotatable bonds is 8. The quantitative estimate of drug-likeness (QED) is 0.511. The number of hydrogen-bond donors (Lipinski definition) is 1. The van der Waals surface area contributed by atoms with Gasteiger partial charge in [-0.25, -0.2) is 8.42 Å². The summed E-state index contributed by atoms with van der Waals surface area (Å²) in [5.74, 6) is -0.129. The molecule has 1 unspecified atom stereocenters. The highest BCUT2D eigenvalue weighted by Gasteiger charge is 2.22. The van der Waals surface area contributed by atoms with Gasteiger partial charge in [-0.1, -0.05) is 61.5 Å². The van der Waals surface area contributed by atoms with Crippen LogP contribution in [-0.2, 0) is 21.2 Å². The molecule has 0 spiro atoms. The summed E-state index contributed by atoms with van der Waals surface area (Å²) in [6, 6.07) is 21.4. The molecule has 158 valence electrons. The molecule has 0 heterocycles. The lowest BCUT2D eigenvalue weighted by atomic mass is 9.96. The van der Waals surface area contributed by atoms with Gasteiger partial charge >= 0.3 is 0 Å². The summed E-state index contributed by atoms with van der Waals surface area (Å²) in [4.78, 5) is 12.5. The van der Waals surface area contributed by atoms with Gasteiger partial charge < -0.3 is 5.32 Å². The van der Waals surface area contributed by atoms with Crippen molar-refractivity contribution < 1.29 is 13.2 Å². The molecule has 0 bridgehead atoms. The molecule has 3 rings (SSSR count). The fourth-order valence-electron chi connectivity index (χ4n) is 3.43. The van der Waals surface area contributed by atoms with Crippen LogP contribution in [0.3, 0.4) is 0 Å². The van der Waals surface area contributed by atoms with E-state index in [0.717, 1.165) is 17.0 Å². The lowest BCUT2D eigenvalue weighted by molar-refractivity contribution is -0.119. The molecule has 0 aliphatic carbocycles. The summed E-state index contributed by atoms with van der Waals surface area (Å²) in [6.07, 6.45) is 1.92. The molecule has 0 fully saturated rings. The summed E-state index contributed by atoms with van der Waals surface area (Å²) in [5, 5.41) is 5.30. The molecule has 5 nitrogen and oxygen atoms in total. The van der Waals surface area contributed by atoms with Gasteiger partial charge in [-0.05, 0) is 56.7 Å². The van der Waals surface area contributed by atoms with Crippen LogP contribution in [0.5, 0.6) is 0 Å². The predicted molar refractivity (Wildman–Crippen MR) is 126 cm³/mol. The van der Waals surface area contributed by atoms with E-state index < -0.39 is 10.0 Å². The number of para-hydroxylation sites is 1. The number of amides is 1. The third-order valence-corrected chi connectivity index (χ3v) is 6.70. The Kier molecular flexibility index (Phi) is 7.15. The highest BCUT2D eigenvalue weighted by molar-refractivity contribution is 9.10. The first-order valence-electron chi connectivity index (χ1n) is 9.71. The summed E-state index contributed by atoms with van der Waals surface area (Å²) in [6.45, 7) is 2.28. The Labute approximate surface area is 186 Å². The predicted octanol–water partition coefficient (Wildman–Crippen LogP) is 4.36. The van der Waals surface area contributed by atoms with E-state index >= 15 is 0 Å². The van der Waals surface area contributed by atoms with Crippen molar-refractivity contribution in [3.63, 3.8) is 0 Å². The van der Waals surface area contributed by atoms with Gasteiger partial charge in [0.15, 0.2) is 0 Å². The van der Waals surface area contributed by atoms with E-state index in [1.807, 2.05) is 18.2 Å². The van der Waals surface area contributed by atoms with E-state index in [4.69, 9.17) is 0 Å². The SMILES string of the molecule is CC(CNC(=O)CN(c1ccccc1Br)S(C)(=O)=O)Cc1cccc2ccccc12. The van der Waals surface area contributed by atoms with Gasteiger partial charge in [-0.3, -0.25) is 9.10 Å². The minimum Gasteiger partial charge on any atom is -0.354 e. The monoisotopic (exact) mass is 488 g/mol. The van der Waals surface area contributed by atoms with Crippen LogP contribution in [0, 0.1) is 5.92 Å². The normalized spacial score (nSPS) is 12.5. The van der Waals surface area contributed by atoms with E-state index in [9.17, 15) is 13.2 Å². The maximum atomic E-state index is 12.5. The van der Waals surface area contributed by atoms with Gasteiger partial charge in [-0.2, -0.15) is 0 Å². The lowest BCUT2D eigenvalue weighted by Crippen LogP contribution is -2.41. The molecule has 3 aromatic carbocycles. The van der Waals surface area contributed by atoms with Crippen LogP contribution >= 0.6 is 15.9 Å². The number of sulfonamides is 1. The molecule has 0 saturated carbocycles. The largest absolute Gasteiger partial charge is 0.354 e. The number of anilines is 1. The first-order chi connectivity index (χ1) is 14.3. The van der Waals surface area contributed by atoms with Crippen molar-refractivity contribution in [2.75, 3.05) is 23.7 Å². The highest BCUT2D eigenvalue weighted by atomic mass is 79.9. The summed E-state index contributed by atoms with van der Waals surface area (Å²) in [5.41, 5.74) is 1.68. The first kappa shape index (κ1) is 22.3. The van der Waals surface area contributed by atoms with Crippen molar-refractivity contribution in [1.29, 1.82) is 0 Å². The Bertz CT molecular complexity index is 1140. The second-order valence-electron chi connectivity index (χ2n) is 7.47. The molecule has 1 amide bonds. The van der Waals surface area contributed by atoms with E-state index in [-0.39, 0.29) is 18.4 Å². The van der Waals surface area contributed by atoms with E-state index in [1.54, 1.807) is 24.3 Å². The maximum absolute atomic E-state index is 12.5. The van der Waals surface area contributed by atoms with Crippen molar-refractivity contribution in [3.8, 4) is 0 Å². The molecule has 1 N–H and O–H groups in total. The van der Waals surface area contributed by atoms with E-state index in [0.29, 0.717) is 16.7 Å². The van der Waals surface area contributed by atoms with Crippen molar-refractivity contribution in [2.45, 2.75) is 13.3 Å². The minimum atomic E-state index is -3.60. The Morgan fingerprint density at radius 1 is 1.03 bits per heavy atom. The van der Waals surface area contributed by atoms with Gasteiger partial charge in [0, 0.05) is 11.0 Å². The molecule has 0 aliphatic rings. The zero-order chi connectivity index (χ0) is 21.7. The van der Waals surface area contributed by atoms with Gasteiger partial charge in [0.2, 0.25) is 15.9 Å². The second kappa shape index (κ2) is 9.62. The fraction of sp³-hybridized carbons (Fsp3) is 0.261. The van der Waals surface area contributed by atoms with Crippen LogP contribution < -0.4 is 9.62 Å². The van der Waals surface area contributed by atoms with Crippen molar-refractivity contribution in [2.24, 2.45) is 5.92 Å². The summed E-state index contributed by atoms with van der Waals surface area (Å²) in [7, 11) is -3.60. The first-order valence-corrected chi connectivity index (χ1v) is 12.4. The summed E-state index contributed by atoms with van der Waals surface area (Å²) >= 11 is 3.36. The molecule has 3 aromatic rings. The Morgan fingerprint density at radius 3 is 2.43 bits per heavy atom. The number of halogens is 1. The Balaban J connectivity index is 1.63. The number of carbonyl (C=O) groups excluding carboxylic acids is 1. The highest BCUT2D eigenvalue weighted by Crippen LogP contribution is 2.27. The van der Waals surface area contributed by atoms with Crippen molar-refractivity contribution >= 4 is 48.3 Å². The van der Waals surface area contributed by atoms with Crippen LogP contribution in [0.25, 0.3) is 10.8 Å². The zero-order valence-corrected chi connectivity index (χ0v) is 19.4. The molecular weight excluding hydrogens is 464 g/mol. The number of benzene rings is 3. The molecule has 1 atom stereocenters. The fourth-order valence-corrected chi connectivity index (χ4v) is 4.91. The molecule has 7 heteroatoms. The van der Waals surface area contributed by atoms with Gasteiger partial charge in [-0.15, -0.1) is 0 Å². The van der Waals surface area contributed by atoms with Crippen LogP contribution in [0.1, 0.15) is 12.5 Å². The topological polar surface area (TPSA) is 66.5 Å². The summed E-state index contributed by atoms with van der Waals surface area (Å²) < 4.78 is 26.2. The molecule has 0 saturated heterocycles. The third-order valence-electron chi connectivity index (χ3n) is 4.90. The zero-order valence-electron chi connectivity index (χ0n) is 17.0. The number of fused-ring (bicyclic) bond motifs is 1. The van der Waals surface area contributed by atoms with Crippen LogP contribution in [0.15, 0.2) is 71.2 Å². The smallest absolute Gasteiger partial charge is 0.240 e. The lowest BCUT2D eigenvalue weighted by Gasteiger charge is -2.23. The Morgan fingerprint density at radius 2 is 1.70 bits per heavy atom. The van der Waals surface area contributed by atoms with Crippen molar-refractivity contribution in [1.82, 2.24) is 5.32 Å². The second-order valence-corrected chi connectivity index (χ2v) is 10.2. The van der Waals surface area contributed by atoms with Crippen molar-refractivity contribution in [3.05, 3.63) is 76.8 Å². The van der Waals surface area contributed by atoms with Crippen LogP contribution in [0.4, 0.5) is 5.69 Å². The van der Waals surface area contributed by atoms with Crippen LogP contribution in [-0.4, -0.2) is 33.7 Å². The van der Waals surface area contributed by atoms with Gasteiger partial charge in [0.1, 0.15) is 6.54 Å². The average Bonchev–Trinajstić information content (AvgIpc) is 2.71. The molecule has 0 aromatic heterocycles. The molecule has 30 heavy (non-hydrogen) atoms. The standard InChI is InChI=1S/C23H25BrN2O3S/c1-17(14-19-10-7-9-18-8-3-4-11-20(18)19)15-25-23(27)16-26(30(2,28)29)22-13-6-5-12-21(22)24/h3-13,17H,14-16H2,1-2H3,(H,25,27). The molecule has 0 aliphatic heterocycles. The maximum Gasteiger partial charge on any atom is 0.240 e. The number of hydrogen-bond acceptors (Lipinski definition) is 3. The van der Waals surface area contributed by atoms with E-state index in [2.05, 4.69) is 52.4 Å². The average molecular weight is 489 g/mol. The minimum absolute atomic E-state index is 0.204. The Hall–Kier alpha value is -2.38. The van der Waals surface area contributed by atoms with Gasteiger partial charge in [0.25, 0.3) is 0 Å². The van der Waals surface area contributed by atoms with E-state index in [1.165, 1.54) is 16.3 Å². The molecule has 0 radical (unpaired) electrons. The van der Waals surface area contributed by atoms with Gasteiger partial charge in [0.05, 0.1) is 11.9 Å². The number of nitrogens with one attached hydrogen (secondary N) is 1.